The number of benzene rings is 3. The van der Waals surface area contributed by atoms with Gasteiger partial charge in [0.25, 0.3) is 0 Å². The monoisotopic (exact) mass is 468 g/mol. The van der Waals surface area contributed by atoms with Crippen LogP contribution in [0.2, 0.25) is 0 Å². The largest absolute Gasteiger partial charge is 0.454 e. The topological polar surface area (TPSA) is 63.4 Å². The first-order valence-electron chi connectivity index (χ1n) is 12.4. The van der Waals surface area contributed by atoms with Gasteiger partial charge in [0, 0.05) is 41.0 Å². The molecule has 0 radical (unpaired) electrons. The van der Waals surface area contributed by atoms with E-state index in [-0.39, 0.29) is 24.7 Å². The van der Waals surface area contributed by atoms with Crippen molar-refractivity contribution in [3.63, 3.8) is 0 Å². The van der Waals surface area contributed by atoms with E-state index in [1.54, 1.807) is 0 Å². The number of rotatable bonds is 9. The molecule has 2 N–H and O–H groups in total. The van der Waals surface area contributed by atoms with E-state index < -0.39 is 0 Å². The second kappa shape index (κ2) is 10.3. The zero-order valence-corrected chi connectivity index (χ0v) is 20.3. The molecule has 2 atom stereocenters. The van der Waals surface area contributed by atoms with Crippen molar-refractivity contribution >= 4 is 16.8 Å². The van der Waals surface area contributed by atoms with Crippen molar-refractivity contribution in [3.05, 3.63) is 95.2 Å². The number of carbonyl (C=O) groups is 1. The van der Waals surface area contributed by atoms with Gasteiger partial charge in [-0.15, -0.1) is 0 Å². The van der Waals surface area contributed by atoms with Crippen LogP contribution in [0.4, 0.5) is 0 Å². The van der Waals surface area contributed by atoms with Gasteiger partial charge >= 0.3 is 0 Å². The Bertz CT molecular complexity index is 1310. The van der Waals surface area contributed by atoms with E-state index in [4.69, 9.17) is 9.47 Å². The van der Waals surface area contributed by atoms with Crippen LogP contribution in [-0.4, -0.2) is 23.7 Å². The van der Waals surface area contributed by atoms with Crippen LogP contribution >= 0.6 is 0 Å². The van der Waals surface area contributed by atoms with Crippen LogP contribution in [0.15, 0.2) is 72.9 Å². The second-order valence-corrected chi connectivity index (χ2v) is 9.27. The van der Waals surface area contributed by atoms with Crippen molar-refractivity contribution in [3.8, 4) is 11.5 Å². The smallest absolute Gasteiger partial charge is 0.231 e. The van der Waals surface area contributed by atoms with Crippen LogP contribution in [0, 0.1) is 0 Å². The van der Waals surface area contributed by atoms with Gasteiger partial charge in [-0.1, -0.05) is 67.6 Å². The van der Waals surface area contributed by atoms with E-state index in [9.17, 15) is 4.79 Å². The minimum absolute atomic E-state index is 0.0353. The number of fused-ring (bicyclic) bond motifs is 2. The van der Waals surface area contributed by atoms with Crippen LogP contribution in [0.3, 0.4) is 0 Å². The fourth-order valence-electron chi connectivity index (χ4n) is 5.06. The van der Waals surface area contributed by atoms with E-state index in [0.29, 0.717) is 6.42 Å². The van der Waals surface area contributed by atoms with E-state index in [1.807, 2.05) is 24.3 Å². The van der Waals surface area contributed by atoms with Gasteiger partial charge in [0.1, 0.15) is 0 Å². The fraction of sp³-hybridized carbons (Fsp3) is 0.300. The Morgan fingerprint density at radius 3 is 2.66 bits per heavy atom. The molecule has 5 rings (SSSR count). The number of aryl methyl sites for hydroxylation is 2. The van der Waals surface area contributed by atoms with E-state index in [2.05, 4.69) is 72.8 Å². The Morgan fingerprint density at radius 2 is 1.83 bits per heavy atom. The molecule has 180 valence electrons. The first-order valence-corrected chi connectivity index (χ1v) is 12.4. The summed E-state index contributed by atoms with van der Waals surface area (Å²) in [6.45, 7) is 4.44. The maximum Gasteiger partial charge on any atom is 0.231 e. The number of hydrogen-bond acceptors (Lipinski definition) is 3. The van der Waals surface area contributed by atoms with Crippen LogP contribution in [0.5, 0.6) is 11.5 Å². The van der Waals surface area contributed by atoms with E-state index in [0.717, 1.165) is 52.8 Å². The molecular weight excluding hydrogens is 436 g/mol. The van der Waals surface area contributed by atoms with Gasteiger partial charge < -0.3 is 19.8 Å². The summed E-state index contributed by atoms with van der Waals surface area (Å²) in [5.74, 6) is 1.35. The summed E-state index contributed by atoms with van der Waals surface area (Å²) in [6.07, 6.45) is 5.16. The summed E-state index contributed by atoms with van der Waals surface area (Å²) >= 11 is 0. The van der Waals surface area contributed by atoms with E-state index in [1.165, 1.54) is 11.1 Å². The minimum Gasteiger partial charge on any atom is -0.454 e. The van der Waals surface area contributed by atoms with Crippen LogP contribution in [0.25, 0.3) is 10.9 Å². The zero-order valence-electron chi connectivity index (χ0n) is 20.3. The summed E-state index contributed by atoms with van der Waals surface area (Å²) in [5.41, 5.74) is 5.77. The normalized spacial score (nSPS) is 14.1. The third-order valence-electron chi connectivity index (χ3n) is 6.90. The molecule has 1 aromatic heterocycles. The fourth-order valence-corrected chi connectivity index (χ4v) is 5.06. The van der Waals surface area contributed by atoms with Crippen molar-refractivity contribution in [1.29, 1.82) is 0 Å². The molecule has 2 heterocycles. The number of para-hydroxylation sites is 2. The molecule has 5 nitrogen and oxygen atoms in total. The number of aromatic amines is 1. The minimum atomic E-state index is -0.158. The molecule has 0 fully saturated rings. The van der Waals surface area contributed by atoms with Gasteiger partial charge in [0.2, 0.25) is 12.7 Å². The summed E-state index contributed by atoms with van der Waals surface area (Å²) < 4.78 is 11.5. The molecule has 35 heavy (non-hydrogen) atoms. The number of nitrogens with one attached hydrogen (secondary N) is 2. The van der Waals surface area contributed by atoms with Crippen LogP contribution in [-0.2, 0) is 17.6 Å². The molecule has 0 bridgehead atoms. The molecule has 4 aromatic rings. The molecule has 0 saturated carbocycles. The number of carbonyl (C=O) groups excluding carboxylic acids is 1. The van der Waals surface area contributed by atoms with Crippen molar-refractivity contribution in [1.82, 2.24) is 10.3 Å². The Morgan fingerprint density at radius 1 is 1.00 bits per heavy atom. The molecule has 2 unspecified atom stereocenters. The predicted molar refractivity (Wildman–Crippen MR) is 139 cm³/mol. The highest BCUT2D eigenvalue weighted by molar-refractivity contribution is 5.88. The summed E-state index contributed by atoms with van der Waals surface area (Å²) in [4.78, 5) is 16.8. The third-order valence-corrected chi connectivity index (χ3v) is 6.90. The molecule has 3 aromatic carbocycles. The lowest BCUT2D eigenvalue weighted by Gasteiger charge is -2.21. The molecule has 1 amide bonds. The zero-order chi connectivity index (χ0) is 24.2. The van der Waals surface area contributed by atoms with Gasteiger partial charge in [0.15, 0.2) is 11.5 Å². The van der Waals surface area contributed by atoms with Crippen LogP contribution in [0.1, 0.15) is 54.9 Å². The summed E-state index contributed by atoms with van der Waals surface area (Å²) in [7, 11) is 0. The molecule has 0 spiro atoms. The molecule has 5 heteroatoms. The molecule has 0 aliphatic carbocycles. The number of aromatic nitrogens is 1. The maximum absolute atomic E-state index is 13.3. The Labute approximate surface area is 206 Å². The van der Waals surface area contributed by atoms with Gasteiger partial charge in [-0.25, -0.2) is 0 Å². The Kier molecular flexibility index (Phi) is 6.75. The molecule has 1 aliphatic rings. The van der Waals surface area contributed by atoms with Crippen LogP contribution < -0.4 is 14.8 Å². The third kappa shape index (κ3) is 4.90. The average Bonchev–Trinajstić information content (AvgIpc) is 3.54. The first kappa shape index (κ1) is 23.0. The Balaban J connectivity index is 1.41. The number of ether oxygens (including phenoxy) is 2. The van der Waals surface area contributed by atoms with Crippen molar-refractivity contribution in [2.24, 2.45) is 0 Å². The highest BCUT2D eigenvalue weighted by Gasteiger charge is 2.28. The number of amides is 1. The lowest BCUT2D eigenvalue weighted by molar-refractivity contribution is -0.121. The average molecular weight is 469 g/mol. The lowest BCUT2D eigenvalue weighted by atomic mass is 9.86. The SMILES string of the molecule is CCc1cccc2c(C(CC(=O)NC(C)CCc3ccccc3)c3cccc4c3OCO4)c[nH]c12. The van der Waals surface area contributed by atoms with Crippen molar-refractivity contribution < 1.29 is 14.3 Å². The summed E-state index contributed by atoms with van der Waals surface area (Å²) in [5, 5.41) is 4.38. The standard InChI is InChI=1S/C30H32N2O3/c1-3-22-11-7-12-23-26(18-31-29(22)23)25(24-13-8-14-27-30(24)35-19-34-27)17-28(33)32-20(2)15-16-21-9-5-4-6-10-21/h4-14,18,20,25,31H,3,15-17,19H2,1-2H3,(H,32,33). The molecule has 0 saturated heterocycles. The number of hydrogen-bond donors (Lipinski definition) is 2. The Hall–Kier alpha value is -3.73. The predicted octanol–water partition coefficient (Wildman–Crippen LogP) is 6.12. The quantitative estimate of drug-likeness (QED) is 0.311. The number of H-pyrrole nitrogens is 1. The molecular formula is C30H32N2O3. The maximum atomic E-state index is 13.3. The van der Waals surface area contributed by atoms with Gasteiger partial charge in [0.05, 0.1) is 0 Å². The highest BCUT2D eigenvalue weighted by atomic mass is 16.7. The van der Waals surface area contributed by atoms with Crippen molar-refractivity contribution in [2.75, 3.05) is 6.79 Å². The van der Waals surface area contributed by atoms with Gasteiger partial charge in [-0.3, -0.25) is 4.79 Å². The highest BCUT2D eigenvalue weighted by Crippen LogP contribution is 2.44. The van der Waals surface area contributed by atoms with Gasteiger partial charge in [-0.05, 0) is 48.9 Å². The lowest BCUT2D eigenvalue weighted by Crippen LogP contribution is -2.33. The van der Waals surface area contributed by atoms with Crippen molar-refractivity contribution in [2.45, 2.75) is 51.5 Å². The molecule has 1 aliphatic heterocycles. The van der Waals surface area contributed by atoms with Gasteiger partial charge in [-0.2, -0.15) is 0 Å². The van der Waals surface area contributed by atoms with E-state index >= 15 is 0 Å². The summed E-state index contributed by atoms with van der Waals surface area (Å²) in [6, 6.07) is 22.8. The first-order chi connectivity index (χ1) is 17.1. The second-order valence-electron chi connectivity index (χ2n) is 9.27.